The molecule has 1 aliphatic heterocycles. The summed E-state index contributed by atoms with van der Waals surface area (Å²) < 4.78 is 10.1. The van der Waals surface area contributed by atoms with E-state index in [4.69, 9.17) is 14.6 Å². The number of carboxylic acids is 1. The van der Waals surface area contributed by atoms with Crippen LogP contribution >= 0.6 is 0 Å². The Morgan fingerprint density at radius 2 is 2.29 bits per heavy atom. The molecule has 1 amide bonds. The van der Waals surface area contributed by atoms with Crippen LogP contribution in [0.15, 0.2) is 0 Å². The third-order valence-corrected chi connectivity index (χ3v) is 2.94. The first-order valence-corrected chi connectivity index (χ1v) is 5.70. The van der Waals surface area contributed by atoms with E-state index in [2.05, 4.69) is 5.32 Å². The van der Waals surface area contributed by atoms with E-state index in [9.17, 15) is 9.59 Å². The zero-order chi connectivity index (χ0) is 12.8. The maximum absolute atomic E-state index is 11.8. The molecule has 1 aliphatic rings. The quantitative estimate of drug-likeness (QED) is 0.689. The zero-order valence-electron chi connectivity index (χ0n) is 10.1. The second-order valence-corrected chi connectivity index (χ2v) is 4.15. The van der Waals surface area contributed by atoms with Crippen molar-refractivity contribution in [2.75, 3.05) is 20.3 Å². The van der Waals surface area contributed by atoms with Gasteiger partial charge in [0.2, 0.25) is 5.91 Å². The maximum Gasteiger partial charge on any atom is 0.326 e. The molecule has 0 aromatic rings. The van der Waals surface area contributed by atoms with Crippen LogP contribution in [-0.2, 0) is 19.1 Å². The van der Waals surface area contributed by atoms with Gasteiger partial charge in [0.25, 0.3) is 0 Å². The Balaban J connectivity index is 2.48. The van der Waals surface area contributed by atoms with E-state index in [1.54, 1.807) is 0 Å². The van der Waals surface area contributed by atoms with E-state index in [-0.39, 0.29) is 24.3 Å². The van der Waals surface area contributed by atoms with E-state index in [1.807, 2.05) is 6.92 Å². The molecular formula is C11H19NO5. The van der Waals surface area contributed by atoms with E-state index in [0.717, 1.165) is 0 Å². The van der Waals surface area contributed by atoms with E-state index in [0.29, 0.717) is 19.6 Å². The van der Waals surface area contributed by atoms with E-state index >= 15 is 0 Å². The summed E-state index contributed by atoms with van der Waals surface area (Å²) >= 11 is 0. The van der Waals surface area contributed by atoms with Gasteiger partial charge in [0.05, 0.1) is 12.0 Å². The second kappa shape index (κ2) is 6.56. The van der Waals surface area contributed by atoms with Gasteiger partial charge in [0, 0.05) is 26.7 Å². The van der Waals surface area contributed by atoms with E-state index < -0.39 is 12.0 Å². The molecule has 0 spiro atoms. The van der Waals surface area contributed by atoms with Gasteiger partial charge < -0.3 is 19.9 Å². The largest absolute Gasteiger partial charge is 0.480 e. The Bertz CT molecular complexity index is 281. The minimum atomic E-state index is -1.04. The minimum absolute atomic E-state index is 0.146. The summed E-state index contributed by atoms with van der Waals surface area (Å²) in [4.78, 5) is 22.8. The van der Waals surface area contributed by atoms with Gasteiger partial charge in [-0.25, -0.2) is 4.79 Å². The first-order valence-electron chi connectivity index (χ1n) is 5.70. The van der Waals surface area contributed by atoms with Gasteiger partial charge in [0.1, 0.15) is 6.04 Å². The molecule has 3 unspecified atom stereocenters. The summed E-state index contributed by atoms with van der Waals surface area (Å²) in [5, 5.41) is 11.5. The summed E-state index contributed by atoms with van der Waals surface area (Å²) in [5.74, 6) is -1.54. The van der Waals surface area contributed by atoms with Crippen molar-refractivity contribution in [1.29, 1.82) is 0 Å². The Hall–Kier alpha value is -1.14. The summed E-state index contributed by atoms with van der Waals surface area (Å²) in [6, 6.07) is -0.893. The summed E-state index contributed by atoms with van der Waals surface area (Å²) in [7, 11) is 1.49. The average Bonchev–Trinajstić information content (AvgIpc) is 2.70. The molecule has 6 nitrogen and oxygen atoms in total. The maximum atomic E-state index is 11.8. The predicted molar refractivity (Wildman–Crippen MR) is 59.6 cm³/mol. The third kappa shape index (κ3) is 3.98. The molecule has 0 saturated carbocycles. The van der Waals surface area contributed by atoms with Crippen molar-refractivity contribution in [2.24, 2.45) is 5.92 Å². The number of carboxylic acid groups (broad SMARTS) is 1. The van der Waals surface area contributed by atoms with Gasteiger partial charge in [-0.15, -0.1) is 0 Å². The van der Waals surface area contributed by atoms with Crippen molar-refractivity contribution < 1.29 is 24.2 Å². The number of nitrogens with one attached hydrogen (secondary N) is 1. The van der Waals surface area contributed by atoms with E-state index in [1.165, 1.54) is 7.11 Å². The van der Waals surface area contributed by atoms with Crippen molar-refractivity contribution in [1.82, 2.24) is 5.32 Å². The molecule has 98 valence electrons. The van der Waals surface area contributed by atoms with Crippen LogP contribution in [0.1, 0.15) is 19.8 Å². The van der Waals surface area contributed by atoms with Crippen LogP contribution < -0.4 is 5.32 Å². The van der Waals surface area contributed by atoms with Gasteiger partial charge in [-0.1, -0.05) is 0 Å². The Morgan fingerprint density at radius 1 is 1.59 bits per heavy atom. The Morgan fingerprint density at radius 3 is 2.76 bits per heavy atom. The highest BCUT2D eigenvalue weighted by molar-refractivity contribution is 5.85. The summed E-state index contributed by atoms with van der Waals surface area (Å²) in [5.41, 5.74) is 0. The van der Waals surface area contributed by atoms with Crippen LogP contribution in [0.2, 0.25) is 0 Å². The van der Waals surface area contributed by atoms with Crippen molar-refractivity contribution >= 4 is 11.9 Å². The van der Waals surface area contributed by atoms with Crippen LogP contribution in [0.25, 0.3) is 0 Å². The molecule has 6 heteroatoms. The lowest BCUT2D eigenvalue weighted by molar-refractivity contribution is -0.143. The Kier molecular flexibility index (Phi) is 5.37. The predicted octanol–water partition coefficient (Wildman–Crippen LogP) is 0.0173. The molecule has 1 saturated heterocycles. The molecule has 1 rings (SSSR count). The molecule has 0 aliphatic carbocycles. The van der Waals surface area contributed by atoms with Gasteiger partial charge in [-0.3, -0.25) is 4.79 Å². The van der Waals surface area contributed by atoms with Crippen LogP contribution in [-0.4, -0.2) is 49.5 Å². The summed E-state index contributed by atoms with van der Waals surface area (Å²) in [6.07, 6.45) is 0.759. The monoisotopic (exact) mass is 245 g/mol. The molecule has 0 bridgehead atoms. The lowest BCUT2D eigenvalue weighted by Crippen LogP contribution is -2.45. The first-order chi connectivity index (χ1) is 8.06. The standard InChI is InChI=1S/C11H19NO5/c1-7-8(3-6-17-7)10(13)12-9(11(14)15)4-5-16-2/h7-9H,3-6H2,1-2H3,(H,12,13)(H,14,15). The number of hydrogen-bond donors (Lipinski definition) is 2. The molecule has 0 aromatic heterocycles. The van der Waals surface area contributed by atoms with Crippen molar-refractivity contribution in [3.05, 3.63) is 0 Å². The number of aliphatic carboxylic acids is 1. The second-order valence-electron chi connectivity index (χ2n) is 4.15. The highest BCUT2D eigenvalue weighted by Crippen LogP contribution is 2.20. The van der Waals surface area contributed by atoms with Crippen LogP contribution in [0.4, 0.5) is 0 Å². The van der Waals surface area contributed by atoms with Crippen molar-refractivity contribution in [3.63, 3.8) is 0 Å². The molecule has 1 heterocycles. The van der Waals surface area contributed by atoms with Crippen LogP contribution in [0, 0.1) is 5.92 Å². The third-order valence-electron chi connectivity index (χ3n) is 2.94. The van der Waals surface area contributed by atoms with Crippen molar-refractivity contribution in [2.45, 2.75) is 31.9 Å². The fourth-order valence-corrected chi connectivity index (χ4v) is 1.85. The topological polar surface area (TPSA) is 84.9 Å². The van der Waals surface area contributed by atoms with Gasteiger partial charge in [-0.05, 0) is 13.3 Å². The molecule has 0 radical (unpaired) electrons. The fraction of sp³-hybridized carbons (Fsp3) is 0.818. The lowest BCUT2D eigenvalue weighted by Gasteiger charge is -2.18. The molecule has 17 heavy (non-hydrogen) atoms. The lowest BCUT2D eigenvalue weighted by atomic mass is 10.0. The minimum Gasteiger partial charge on any atom is -0.480 e. The average molecular weight is 245 g/mol. The smallest absolute Gasteiger partial charge is 0.326 e. The first kappa shape index (κ1) is 13.9. The number of carbonyl (C=O) groups is 2. The SMILES string of the molecule is COCCC(NC(=O)C1CCOC1C)C(=O)O. The molecule has 0 aromatic carbocycles. The number of methoxy groups -OCH3 is 1. The number of ether oxygens (including phenoxy) is 2. The van der Waals surface area contributed by atoms with Gasteiger partial charge in [-0.2, -0.15) is 0 Å². The number of carbonyl (C=O) groups excluding carboxylic acids is 1. The van der Waals surface area contributed by atoms with Crippen molar-refractivity contribution in [3.8, 4) is 0 Å². The zero-order valence-corrected chi connectivity index (χ0v) is 10.1. The highest BCUT2D eigenvalue weighted by Gasteiger charge is 2.32. The van der Waals surface area contributed by atoms with Gasteiger partial charge >= 0.3 is 5.97 Å². The molecule has 3 atom stereocenters. The number of amides is 1. The number of rotatable bonds is 6. The Labute approximate surface area is 100 Å². The molecule has 1 fully saturated rings. The molecular weight excluding hydrogens is 226 g/mol. The fourth-order valence-electron chi connectivity index (χ4n) is 1.85. The van der Waals surface area contributed by atoms with Crippen LogP contribution in [0.3, 0.4) is 0 Å². The summed E-state index contributed by atoms with van der Waals surface area (Å²) in [6.45, 7) is 2.67. The van der Waals surface area contributed by atoms with Crippen LogP contribution in [0.5, 0.6) is 0 Å². The molecule has 2 N–H and O–H groups in total. The normalized spacial score (nSPS) is 25.5. The van der Waals surface area contributed by atoms with Gasteiger partial charge in [0.15, 0.2) is 0 Å². The number of hydrogen-bond acceptors (Lipinski definition) is 4. The highest BCUT2D eigenvalue weighted by atomic mass is 16.5.